The summed E-state index contributed by atoms with van der Waals surface area (Å²) in [5.74, 6) is 0. The molecule has 1 aliphatic carbocycles. The number of ether oxygens (including phenoxy) is 1. The van der Waals surface area contributed by atoms with Gasteiger partial charge in [0.1, 0.15) is 0 Å². The molecule has 1 saturated heterocycles. The highest BCUT2D eigenvalue weighted by Gasteiger charge is 2.58. The van der Waals surface area contributed by atoms with Crippen LogP contribution in [0.15, 0.2) is 0 Å². The van der Waals surface area contributed by atoms with E-state index in [1.54, 1.807) is 0 Å². The van der Waals surface area contributed by atoms with Gasteiger partial charge in [-0.25, -0.2) is 0 Å². The van der Waals surface area contributed by atoms with Crippen LogP contribution in [0.5, 0.6) is 0 Å². The molecule has 3 nitrogen and oxygen atoms in total. The van der Waals surface area contributed by atoms with Crippen LogP contribution in [0.1, 0.15) is 60.3 Å². The summed E-state index contributed by atoms with van der Waals surface area (Å²) < 4.78 is 5.84. The number of hydrogen-bond acceptors (Lipinski definition) is 3. The lowest BCUT2D eigenvalue weighted by Crippen LogP contribution is -2.73. The van der Waals surface area contributed by atoms with E-state index >= 15 is 0 Å². The van der Waals surface area contributed by atoms with Gasteiger partial charge in [-0.2, -0.15) is 0 Å². The monoisotopic (exact) mass is 282 g/mol. The Kier molecular flexibility index (Phi) is 4.54. The lowest BCUT2D eigenvalue weighted by atomic mass is 9.54. The minimum Gasteiger partial charge on any atom is -0.378 e. The van der Waals surface area contributed by atoms with Crippen LogP contribution in [0.4, 0.5) is 0 Å². The Morgan fingerprint density at radius 3 is 2.45 bits per heavy atom. The van der Waals surface area contributed by atoms with Crippen molar-refractivity contribution in [3.63, 3.8) is 0 Å². The smallest absolute Gasteiger partial charge is 0.0662 e. The second-order valence-corrected chi connectivity index (χ2v) is 8.32. The molecule has 0 aromatic rings. The van der Waals surface area contributed by atoms with Crippen molar-refractivity contribution in [2.24, 2.45) is 16.6 Å². The van der Waals surface area contributed by atoms with E-state index in [-0.39, 0.29) is 11.0 Å². The van der Waals surface area contributed by atoms with Crippen molar-refractivity contribution in [1.82, 2.24) is 4.90 Å². The van der Waals surface area contributed by atoms with Crippen molar-refractivity contribution in [3.05, 3.63) is 0 Å². The fraction of sp³-hybridized carbons (Fsp3) is 1.00. The van der Waals surface area contributed by atoms with Gasteiger partial charge in [-0.05, 0) is 51.1 Å². The molecule has 2 rings (SSSR count). The van der Waals surface area contributed by atoms with E-state index < -0.39 is 0 Å². The van der Waals surface area contributed by atoms with Crippen molar-refractivity contribution in [3.8, 4) is 0 Å². The van der Waals surface area contributed by atoms with Gasteiger partial charge in [-0.15, -0.1) is 0 Å². The van der Waals surface area contributed by atoms with E-state index in [9.17, 15) is 0 Å². The second-order valence-electron chi connectivity index (χ2n) is 8.32. The van der Waals surface area contributed by atoms with Crippen molar-refractivity contribution >= 4 is 0 Å². The zero-order valence-corrected chi connectivity index (χ0v) is 14.2. The Morgan fingerprint density at radius 2 is 1.85 bits per heavy atom. The fourth-order valence-electron chi connectivity index (χ4n) is 3.81. The normalized spacial score (nSPS) is 37.2. The molecule has 0 radical (unpaired) electrons. The van der Waals surface area contributed by atoms with Gasteiger partial charge >= 0.3 is 0 Å². The highest BCUT2D eigenvalue weighted by atomic mass is 16.5. The topological polar surface area (TPSA) is 38.5 Å². The molecule has 0 aromatic carbocycles. The summed E-state index contributed by atoms with van der Waals surface area (Å²) in [5.41, 5.74) is 7.23. The van der Waals surface area contributed by atoms with E-state index in [0.717, 1.165) is 19.6 Å². The molecule has 20 heavy (non-hydrogen) atoms. The highest BCUT2D eigenvalue weighted by Crippen LogP contribution is 2.50. The molecular weight excluding hydrogens is 248 g/mol. The Balaban J connectivity index is 1.93. The van der Waals surface area contributed by atoms with E-state index in [4.69, 9.17) is 10.5 Å². The van der Waals surface area contributed by atoms with Crippen LogP contribution in [0.2, 0.25) is 0 Å². The van der Waals surface area contributed by atoms with Gasteiger partial charge in [0.25, 0.3) is 0 Å². The largest absolute Gasteiger partial charge is 0.378 e. The quantitative estimate of drug-likeness (QED) is 0.861. The third-order valence-corrected chi connectivity index (χ3v) is 5.94. The number of nitrogens with two attached hydrogens (primary N) is 1. The fourth-order valence-corrected chi connectivity index (χ4v) is 3.81. The molecule has 0 bridgehead atoms. The molecule has 118 valence electrons. The van der Waals surface area contributed by atoms with Gasteiger partial charge in [-0.1, -0.05) is 27.7 Å². The van der Waals surface area contributed by atoms with Gasteiger partial charge < -0.3 is 15.4 Å². The Labute approximate surface area is 125 Å². The maximum absolute atomic E-state index is 6.73. The van der Waals surface area contributed by atoms with Crippen molar-refractivity contribution in [2.75, 3.05) is 26.2 Å². The maximum Gasteiger partial charge on any atom is 0.0662 e. The average molecular weight is 282 g/mol. The van der Waals surface area contributed by atoms with Crippen LogP contribution in [0, 0.1) is 10.8 Å². The molecule has 3 heteroatoms. The first-order chi connectivity index (χ1) is 9.20. The van der Waals surface area contributed by atoms with E-state index in [1.165, 1.54) is 32.4 Å². The Hall–Kier alpha value is -0.120. The number of nitrogens with zero attached hydrogens (tertiary/aromatic N) is 1. The molecule has 2 fully saturated rings. The molecule has 1 aliphatic heterocycles. The van der Waals surface area contributed by atoms with E-state index in [0.29, 0.717) is 11.5 Å². The molecule has 1 saturated carbocycles. The minimum absolute atomic E-state index is 0.0820. The first kappa shape index (κ1) is 16.3. The lowest BCUT2D eigenvalue weighted by Gasteiger charge is -2.60. The SMILES string of the molecule is CCOC1CC(N)(CN2CCCC(C)(C)CC2)C1(C)C. The van der Waals surface area contributed by atoms with Crippen LogP contribution in [0.25, 0.3) is 0 Å². The van der Waals surface area contributed by atoms with Crippen LogP contribution in [0.3, 0.4) is 0 Å². The standard InChI is InChI=1S/C17H34N2O/c1-6-20-14-12-17(18,16(14,4)5)13-19-10-7-8-15(2,3)9-11-19/h14H,6-13,18H2,1-5H3. The molecule has 2 unspecified atom stereocenters. The summed E-state index contributed by atoms with van der Waals surface area (Å²) in [7, 11) is 0. The zero-order chi connectivity index (χ0) is 15.0. The summed E-state index contributed by atoms with van der Waals surface area (Å²) in [5, 5.41) is 0. The summed E-state index contributed by atoms with van der Waals surface area (Å²) in [6.45, 7) is 15.6. The third-order valence-electron chi connectivity index (χ3n) is 5.94. The molecule has 1 heterocycles. The van der Waals surface area contributed by atoms with Crippen LogP contribution in [-0.4, -0.2) is 42.8 Å². The van der Waals surface area contributed by atoms with Gasteiger partial charge in [0.15, 0.2) is 0 Å². The first-order valence-electron chi connectivity index (χ1n) is 8.33. The molecule has 0 aromatic heterocycles. The number of likely N-dealkylation sites (tertiary alicyclic amines) is 1. The second kappa shape index (κ2) is 5.58. The van der Waals surface area contributed by atoms with Crippen molar-refractivity contribution in [2.45, 2.75) is 71.9 Å². The number of rotatable bonds is 4. The Bertz CT molecular complexity index is 340. The predicted molar refractivity (Wildman–Crippen MR) is 84.8 cm³/mol. The van der Waals surface area contributed by atoms with Crippen LogP contribution >= 0.6 is 0 Å². The molecule has 0 spiro atoms. The molecule has 2 aliphatic rings. The van der Waals surface area contributed by atoms with Crippen LogP contribution in [-0.2, 0) is 4.74 Å². The summed E-state index contributed by atoms with van der Waals surface area (Å²) in [6, 6.07) is 0. The molecule has 2 N–H and O–H groups in total. The minimum atomic E-state index is -0.0820. The van der Waals surface area contributed by atoms with Gasteiger partial charge in [0.2, 0.25) is 0 Å². The van der Waals surface area contributed by atoms with E-state index in [2.05, 4.69) is 39.5 Å². The van der Waals surface area contributed by atoms with Gasteiger partial charge in [-0.3, -0.25) is 0 Å². The summed E-state index contributed by atoms with van der Waals surface area (Å²) >= 11 is 0. The molecular formula is C17H34N2O. The number of hydrogen-bond donors (Lipinski definition) is 1. The first-order valence-corrected chi connectivity index (χ1v) is 8.33. The van der Waals surface area contributed by atoms with E-state index in [1.807, 2.05) is 0 Å². The predicted octanol–water partition coefficient (Wildman–Crippen LogP) is 3.03. The molecule has 0 amide bonds. The summed E-state index contributed by atoms with van der Waals surface area (Å²) in [4.78, 5) is 2.60. The van der Waals surface area contributed by atoms with Crippen molar-refractivity contribution < 1.29 is 4.74 Å². The Morgan fingerprint density at radius 1 is 1.15 bits per heavy atom. The average Bonchev–Trinajstić information content (AvgIpc) is 2.51. The zero-order valence-electron chi connectivity index (χ0n) is 14.2. The highest BCUT2D eigenvalue weighted by molar-refractivity contribution is 5.14. The van der Waals surface area contributed by atoms with Crippen LogP contribution < -0.4 is 5.73 Å². The van der Waals surface area contributed by atoms with Crippen molar-refractivity contribution in [1.29, 1.82) is 0 Å². The summed E-state index contributed by atoms with van der Waals surface area (Å²) in [6.07, 6.45) is 5.28. The third kappa shape index (κ3) is 3.05. The maximum atomic E-state index is 6.73. The van der Waals surface area contributed by atoms with Gasteiger partial charge in [0, 0.05) is 24.1 Å². The molecule has 2 atom stereocenters. The lowest BCUT2D eigenvalue weighted by molar-refractivity contribution is -0.156. The van der Waals surface area contributed by atoms with Gasteiger partial charge in [0.05, 0.1) is 6.10 Å².